The van der Waals surface area contributed by atoms with Crippen molar-refractivity contribution in [1.29, 1.82) is 0 Å². The molecule has 0 spiro atoms. The van der Waals surface area contributed by atoms with Gasteiger partial charge in [-0.3, -0.25) is 14.7 Å². The van der Waals surface area contributed by atoms with E-state index in [4.69, 9.17) is 11.6 Å². The Hall–Kier alpha value is -1.91. The van der Waals surface area contributed by atoms with E-state index in [-0.39, 0.29) is 5.91 Å². The number of carbonyl (C=O) groups is 1. The monoisotopic (exact) mass is 317 g/mol. The Morgan fingerprint density at radius 3 is 2.73 bits per heavy atom. The predicted molar refractivity (Wildman–Crippen MR) is 90.3 cm³/mol. The van der Waals surface area contributed by atoms with Crippen molar-refractivity contribution in [3.8, 4) is 0 Å². The summed E-state index contributed by atoms with van der Waals surface area (Å²) < 4.78 is 0. The molecule has 0 bridgehead atoms. The molecular weight excluding hydrogens is 298 g/mol. The molecule has 0 aliphatic carbocycles. The first-order valence-electron chi connectivity index (χ1n) is 7.18. The maximum Gasteiger partial charge on any atom is 0.238 e. The Kier molecular flexibility index (Phi) is 5.92. The van der Waals surface area contributed by atoms with E-state index in [2.05, 4.69) is 10.3 Å². The summed E-state index contributed by atoms with van der Waals surface area (Å²) in [6.45, 7) is 3.10. The van der Waals surface area contributed by atoms with Crippen LogP contribution < -0.4 is 5.32 Å². The standard InChI is InChI=1S/C17H20ClN3O/c1-13-3-4-15(18)11-16(13)20-17(22)12-21(2)10-7-14-5-8-19-9-6-14/h3-6,8-9,11H,7,10,12H2,1-2H3,(H,20,22). The zero-order chi connectivity index (χ0) is 15.9. The molecule has 116 valence electrons. The van der Waals surface area contributed by atoms with Gasteiger partial charge in [0.1, 0.15) is 0 Å². The number of halogens is 1. The fourth-order valence-electron chi connectivity index (χ4n) is 2.11. The molecular formula is C17H20ClN3O. The average Bonchev–Trinajstić information content (AvgIpc) is 2.50. The summed E-state index contributed by atoms with van der Waals surface area (Å²) in [7, 11) is 1.94. The molecule has 0 fully saturated rings. The number of anilines is 1. The molecule has 0 unspecified atom stereocenters. The smallest absolute Gasteiger partial charge is 0.238 e. The van der Waals surface area contributed by atoms with Crippen LogP contribution in [-0.4, -0.2) is 35.9 Å². The van der Waals surface area contributed by atoms with Gasteiger partial charge in [-0.2, -0.15) is 0 Å². The first-order valence-corrected chi connectivity index (χ1v) is 7.56. The number of hydrogen-bond acceptors (Lipinski definition) is 3. The fraction of sp³-hybridized carbons (Fsp3) is 0.294. The van der Waals surface area contributed by atoms with Crippen LogP contribution in [-0.2, 0) is 11.2 Å². The third-order valence-electron chi connectivity index (χ3n) is 3.42. The van der Waals surface area contributed by atoms with E-state index in [0.29, 0.717) is 11.6 Å². The topological polar surface area (TPSA) is 45.2 Å². The van der Waals surface area contributed by atoms with Gasteiger partial charge in [0, 0.05) is 29.6 Å². The van der Waals surface area contributed by atoms with Crippen LogP contribution in [0.4, 0.5) is 5.69 Å². The minimum atomic E-state index is -0.0393. The molecule has 5 heteroatoms. The van der Waals surface area contributed by atoms with Crippen LogP contribution in [0.15, 0.2) is 42.7 Å². The number of hydrogen-bond donors (Lipinski definition) is 1. The second kappa shape index (κ2) is 7.92. The zero-order valence-corrected chi connectivity index (χ0v) is 13.6. The van der Waals surface area contributed by atoms with Crippen molar-refractivity contribution in [1.82, 2.24) is 9.88 Å². The van der Waals surface area contributed by atoms with Crippen LogP contribution >= 0.6 is 11.6 Å². The normalized spacial score (nSPS) is 10.7. The number of benzene rings is 1. The maximum absolute atomic E-state index is 12.1. The summed E-state index contributed by atoms with van der Waals surface area (Å²) in [6, 6.07) is 9.46. The van der Waals surface area contributed by atoms with Crippen molar-refractivity contribution in [3.05, 3.63) is 58.9 Å². The average molecular weight is 318 g/mol. The van der Waals surface area contributed by atoms with Crippen molar-refractivity contribution in [2.45, 2.75) is 13.3 Å². The summed E-state index contributed by atoms with van der Waals surface area (Å²) >= 11 is 5.96. The molecule has 0 atom stereocenters. The van der Waals surface area contributed by atoms with Crippen LogP contribution in [0.3, 0.4) is 0 Å². The number of likely N-dealkylation sites (N-methyl/N-ethyl adjacent to an activating group) is 1. The van der Waals surface area contributed by atoms with E-state index < -0.39 is 0 Å². The minimum Gasteiger partial charge on any atom is -0.325 e. The summed E-state index contributed by atoms with van der Waals surface area (Å²) in [5.74, 6) is -0.0393. The summed E-state index contributed by atoms with van der Waals surface area (Å²) in [4.78, 5) is 18.1. The van der Waals surface area contributed by atoms with E-state index in [0.717, 1.165) is 24.2 Å². The Labute approximate surface area is 136 Å². The summed E-state index contributed by atoms with van der Waals surface area (Å²) in [6.07, 6.45) is 4.45. The van der Waals surface area contributed by atoms with Crippen LogP contribution in [0, 0.1) is 6.92 Å². The Balaban J connectivity index is 1.82. The zero-order valence-electron chi connectivity index (χ0n) is 12.8. The number of aromatic nitrogens is 1. The number of pyridine rings is 1. The quantitative estimate of drug-likeness (QED) is 0.890. The van der Waals surface area contributed by atoms with Crippen LogP contribution in [0.25, 0.3) is 0 Å². The molecule has 0 radical (unpaired) electrons. The molecule has 1 aromatic carbocycles. The molecule has 22 heavy (non-hydrogen) atoms. The molecule has 2 rings (SSSR count). The lowest BCUT2D eigenvalue weighted by atomic mass is 10.2. The van der Waals surface area contributed by atoms with Gasteiger partial charge in [-0.05, 0) is 55.8 Å². The molecule has 4 nitrogen and oxygen atoms in total. The predicted octanol–water partition coefficient (Wildman–Crippen LogP) is 3.16. The molecule has 1 amide bonds. The van der Waals surface area contributed by atoms with Crippen molar-refractivity contribution in [2.24, 2.45) is 0 Å². The van der Waals surface area contributed by atoms with Crippen molar-refractivity contribution < 1.29 is 4.79 Å². The molecule has 1 aromatic heterocycles. The fourth-order valence-corrected chi connectivity index (χ4v) is 2.28. The third kappa shape index (κ3) is 5.13. The number of rotatable bonds is 6. The lowest BCUT2D eigenvalue weighted by molar-refractivity contribution is -0.117. The molecule has 1 heterocycles. The van der Waals surface area contributed by atoms with E-state index in [1.54, 1.807) is 18.5 Å². The first-order chi connectivity index (χ1) is 10.5. The van der Waals surface area contributed by atoms with Gasteiger partial charge in [0.2, 0.25) is 5.91 Å². The number of aryl methyl sites for hydroxylation is 1. The molecule has 2 aromatic rings. The highest BCUT2D eigenvalue weighted by Crippen LogP contribution is 2.20. The number of amides is 1. The lowest BCUT2D eigenvalue weighted by Gasteiger charge is -2.17. The molecule has 1 N–H and O–H groups in total. The number of carbonyl (C=O) groups excluding carboxylic acids is 1. The Morgan fingerprint density at radius 2 is 2.00 bits per heavy atom. The van der Waals surface area contributed by atoms with E-state index in [9.17, 15) is 4.79 Å². The van der Waals surface area contributed by atoms with Gasteiger partial charge in [0.05, 0.1) is 6.54 Å². The van der Waals surface area contributed by atoms with E-state index in [1.165, 1.54) is 5.56 Å². The van der Waals surface area contributed by atoms with Crippen molar-refractivity contribution in [2.75, 3.05) is 25.5 Å². The Bertz CT molecular complexity index is 631. The van der Waals surface area contributed by atoms with Gasteiger partial charge >= 0.3 is 0 Å². The minimum absolute atomic E-state index is 0.0393. The molecule has 0 aliphatic rings. The first kappa shape index (κ1) is 16.5. The van der Waals surface area contributed by atoms with E-state index >= 15 is 0 Å². The second-order valence-corrected chi connectivity index (χ2v) is 5.79. The SMILES string of the molecule is Cc1ccc(Cl)cc1NC(=O)CN(C)CCc1ccncc1. The van der Waals surface area contributed by atoms with Gasteiger partial charge in [-0.1, -0.05) is 17.7 Å². The van der Waals surface area contributed by atoms with Gasteiger partial charge in [-0.15, -0.1) is 0 Å². The molecule has 0 saturated carbocycles. The lowest BCUT2D eigenvalue weighted by Crippen LogP contribution is -2.31. The third-order valence-corrected chi connectivity index (χ3v) is 3.65. The highest BCUT2D eigenvalue weighted by molar-refractivity contribution is 6.31. The summed E-state index contributed by atoms with van der Waals surface area (Å²) in [5.41, 5.74) is 2.98. The number of nitrogens with one attached hydrogen (secondary N) is 1. The number of nitrogens with zero attached hydrogens (tertiary/aromatic N) is 2. The van der Waals surface area contributed by atoms with Crippen LogP contribution in [0.5, 0.6) is 0 Å². The van der Waals surface area contributed by atoms with Gasteiger partial charge < -0.3 is 5.32 Å². The largest absolute Gasteiger partial charge is 0.325 e. The van der Waals surface area contributed by atoms with Gasteiger partial charge in [0.25, 0.3) is 0 Å². The molecule has 0 saturated heterocycles. The highest BCUT2D eigenvalue weighted by atomic mass is 35.5. The van der Waals surface area contributed by atoms with E-state index in [1.807, 2.05) is 43.1 Å². The second-order valence-electron chi connectivity index (χ2n) is 5.35. The summed E-state index contributed by atoms with van der Waals surface area (Å²) in [5, 5.41) is 3.52. The van der Waals surface area contributed by atoms with Crippen LogP contribution in [0.2, 0.25) is 5.02 Å². The highest BCUT2D eigenvalue weighted by Gasteiger charge is 2.09. The van der Waals surface area contributed by atoms with Crippen molar-refractivity contribution in [3.63, 3.8) is 0 Å². The van der Waals surface area contributed by atoms with Gasteiger partial charge in [0.15, 0.2) is 0 Å². The maximum atomic E-state index is 12.1. The van der Waals surface area contributed by atoms with Crippen molar-refractivity contribution >= 4 is 23.2 Å². The van der Waals surface area contributed by atoms with Crippen LogP contribution in [0.1, 0.15) is 11.1 Å². The molecule has 0 aliphatic heterocycles. The van der Waals surface area contributed by atoms with Gasteiger partial charge in [-0.25, -0.2) is 0 Å². The Morgan fingerprint density at radius 1 is 1.27 bits per heavy atom.